The van der Waals surface area contributed by atoms with Gasteiger partial charge in [-0.3, -0.25) is 14.4 Å². The van der Waals surface area contributed by atoms with Crippen molar-refractivity contribution in [2.24, 2.45) is 10.8 Å². The fourth-order valence-corrected chi connectivity index (χ4v) is 2.34. The standard InChI is InChI=1S/C22H42N2O5/c1-20(2,3)17(25)14-16(19(27)21(4,5)6)24-18(26)15-29-13-12-28-11-10-23-22(7,8)9/h16,23H,10-15H2,1-9H3,(H,24,26). The molecular formula is C22H42N2O5. The van der Waals surface area contributed by atoms with Crippen molar-refractivity contribution in [3.63, 3.8) is 0 Å². The summed E-state index contributed by atoms with van der Waals surface area (Å²) in [6, 6.07) is -0.849. The van der Waals surface area contributed by atoms with Gasteiger partial charge in [-0.2, -0.15) is 0 Å². The Morgan fingerprint density at radius 3 is 1.83 bits per heavy atom. The number of carbonyl (C=O) groups is 3. The molecule has 0 fully saturated rings. The maximum absolute atomic E-state index is 12.7. The van der Waals surface area contributed by atoms with Gasteiger partial charge in [0.15, 0.2) is 5.78 Å². The van der Waals surface area contributed by atoms with Crippen LogP contribution in [0.5, 0.6) is 0 Å². The summed E-state index contributed by atoms with van der Waals surface area (Å²) in [7, 11) is 0. The molecular weight excluding hydrogens is 372 g/mol. The van der Waals surface area contributed by atoms with E-state index in [1.165, 1.54) is 0 Å². The Bertz CT molecular complexity index is 539. The Kier molecular flexibility index (Phi) is 11.2. The molecule has 1 atom stereocenters. The van der Waals surface area contributed by atoms with Crippen molar-refractivity contribution in [1.82, 2.24) is 10.6 Å². The molecule has 0 aliphatic rings. The minimum atomic E-state index is -0.849. The van der Waals surface area contributed by atoms with E-state index in [0.29, 0.717) is 13.2 Å². The highest BCUT2D eigenvalue weighted by atomic mass is 16.5. The molecule has 0 rings (SSSR count). The van der Waals surface area contributed by atoms with Crippen LogP contribution >= 0.6 is 0 Å². The van der Waals surface area contributed by atoms with Gasteiger partial charge in [0.1, 0.15) is 12.4 Å². The van der Waals surface area contributed by atoms with Gasteiger partial charge in [-0.25, -0.2) is 0 Å². The maximum atomic E-state index is 12.7. The van der Waals surface area contributed by atoms with Crippen LogP contribution in [-0.2, 0) is 23.9 Å². The quantitative estimate of drug-likeness (QED) is 0.477. The van der Waals surface area contributed by atoms with Crippen LogP contribution in [-0.4, -0.2) is 62.0 Å². The van der Waals surface area contributed by atoms with Crippen molar-refractivity contribution in [1.29, 1.82) is 0 Å². The fourth-order valence-electron chi connectivity index (χ4n) is 2.34. The van der Waals surface area contributed by atoms with Crippen LogP contribution in [0.15, 0.2) is 0 Å². The molecule has 0 aromatic heterocycles. The van der Waals surface area contributed by atoms with E-state index in [2.05, 4.69) is 31.4 Å². The fraction of sp³-hybridized carbons (Fsp3) is 0.864. The van der Waals surface area contributed by atoms with Gasteiger partial charge in [-0.1, -0.05) is 41.5 Å². The first-order valence-corrected chi connectivity index (χ1v) is 10.3. The van der Waals surface area contributed by atoms with E-state index in [-0.39, 0.29) is 36.7 Å². The zero-order valence-corrected chi connectivity index (χ0v) is 19.9. The van der Waals surface area contributed by atoms with Crippen LogP contribution < -0.4 is 10.6 Å². The first-order valence-electron chi connectivity index (χ1n) is 10.3. The summed E-state index contributed by atoms with van der Waals surface area (Å²) in [6.07, 6.45) is -0.0186. The van der Waals surface area contributed by atoms with Crippen molar-refractivity contribution in [2.45, 2.75) is 80.3 Å². The van der Waals surface area contributed by atoms with Gasteiger partial charge in [0, 0.05) is 29.3 Å². The van der Waals surface area contributed by atoms with Crippen LogP contribution in [0.25, 0.3) is 0 Å². The van der Waals surface area contributed by atoms with Gasteiger partial charge < -0.3 is 20.1 Å². The summed E-state index contributed by atoms with van der Waals surface area (Å²) in [5.41, 5.74) is -1.18. The molecule has 170 valence electrons. The van der Waals surface area contributed by atoms with Crippen molar-refractivity contribution in [3.05, 3.63) is 0 Å². The molecule has 1 unspecified atom stereocenters. The van der Waals surface area contributed by atoms with Crippen LogP contribution in [0.1, 0.15) is 68.7 Å². The van der Waals surface area contributed by atoms with Gasteiger partial charge in [0.05, 0.1) is 25.9 Å². The number of ketones is 2. The van der Waals surface area contributed by atoms with Crippen molar-refractivity contribution >= 4 is 17.5 Å². The van der Waals surface area contributed by atoms with E-state index >= 15 is 0 Å². The molecule has 0 aliphatic heterocycles. The number of amides is 1. The minimum absolute atomic E-state index is 0.0186. The van der Waals surface area contributed by atoms with Gasteiger partial charge in [0.2, 0.25) is 5.91 Å². The molecule has 29 heavy (non-hydrogen) atoms. The average Bonchev–Trinajstić information content (AvgIpc) is 2.53. The second kappa shape index (κ2) is 11.8. The number of nitrogens with one attached hydrogen (secondary N) is 2. The van der Waals surface area contributed by atoms with E-state index in [4.69, 9.17) is 9.47 Å². The molecule has 0 saturated heterocycles. The summed E-state index contributed by atoms with van der Waals surface area (Å²) < 4.78 is 10.8. The van der Waals surface area contributed by atoms with Crippen LogP contribution in [0, 0.1) is 10.8 Å². The van der Waals surface area contributed by atoms with Crippen molar-refractivity contribution in [2.75, 3.05) is 33.0 Å². The predicted octanol–water partition coefficient (Wildman–Crippen LogP) is 2.51. The monoisotopic (exact) mass is 414 g/mol. The topological polar surface area (TPSA) is 93.7 Å². The Morgan fingerprint density at radius 2 is 1.34 bits per heavy atom. The largest absolute Gasteiger partial charge is 0.378 e. The number of hydrogen-bond acceptors (Lipinski definition) is 6. The molecule has 0 heterocycles. The lowest BCUT2D eigenvalue weighted by Crippen LogP contribution is -2.48. The molecule has 0 radical (unpaired) electrons. The Hall–Kier alpha value is -1.31. The van der Waals surface area contributed by atoms with E-state index in [1.54, 1.807) is 41.5 Å². The number of hydrogen-bond donors (Lipinski definition) is 2. The number of ether oxygens (including phenoxy) is 2. The SMILES string of the molecule is CC(C)(C)NCCOCCOCC(=O)NC(CC(=O)C(C)(C)C)C(=O)C(C)(C)C. The molecule has 7 heteroatoms. The summed E-state index contributed by atoms with van der Waals surface area (Å²) in [5, 5.41) is 5.98. The second-order valence-electron chi connectivity index (χ2n) is 10.5. The van der Waals surface area contributed by atoms with E-state index in [0.717, 1.165) is 6.54 Å². The highest BCUT2D eigenvalue weighted by molar-refractivity contribution is 5.97. The predicted molar refractivity (Wildman–Crippen MR) is 115 cm³/mol. The Balaban J connectivity index is 4.39. The second-order valence-corrected chi connectivity index (χ2v) is 10.5. The van der Waals surface area contributed by atoms with Crippen LogP contribution in [0.4, 0.5) is 0 Å². The molecule has 0 aliphatic carbocycles. The third kappa shape index (κ3) is 13.5. The lowest BCUT2D eigenvalue weighted by Gasteiger charge is -2.27. The number of Topliss-reactive ketones (excluding diaryl/α,β-unsaturated/α-hetero) is 2. The minimum Gasteiger partial charge on any atom is -0.378 e. The van der Waals surface area contributed by atoms with Gasteiger partial charge >= 0.3 is 0 Å². The lowest BCUT2D eigenvalue weighted by molar-refractivity contribution is -0.137. The Morgan fingerprint density at radius 1 is 0.793 bits per heavy atom. The van der Waals surface area contributed by atoms with Crippen molar-refractivity contribution < 1.29 is 23.9 Å². The Labute approximate surface area is 176 Å². The van der Waals surface area contributed by atoms with Crippen LogP contribution in [0.2, 0.25) is 0 Å². The molecule has 2 N–H and O–H groups in total. The molecule has 0 aromatic rings. The van der Waals surface area contributed by atoms with Gasteiger partial charge in [0.25, 0.3) is 0 Å². The zero-order valence-electron chi connectivity index (χ0n) is 19.9. The van der Waals surface area contributed by atoms with E-state index in [9.17, 15) is 14.4 Å². The third-order valence-corrected chi connectivity index (χ3v) is 4.12. The van der Waals surface area contributed by atoms with Crippen molar-refractivity contribution in [3.8, 4) is 0 Å². The van der Waals surface area contributed by atoms with Gasteiger partial charge in [-0.15, -0.1) is 0 Å². The highest BCUT2D eigenvalue weighted by Crippen LogP contribution is 2.22. The van der Waals surface area contributed by atoms with Crippen LogP contribution in [0.3, 0.4) is 0 Å². The molecule has 0 bridgehead atoms. The molecule has 0 spiro atoms. The summed E-state index contributed by atoms with van der Waals surface area (Å²) in [5.74, 6) is -0.652. The molecule has 7 nitrogen and oxygen atoms in total. The summed E-state index contributed by atoms with van der Waals surface area (Å²) >= 11 is 0. The average molecular weight is 415 g/mol. The maximum Gasteiger partial charge on any atom is 0.246 e. The normalized spacial score (nSPS) is 13.8. The van der Waals surface area contributed by atoms with E-state index < -0.39 is 22.8 Å². The smallest absolute Gasteiger partial charge is 0.246 e. The molecule has 1 amide bonds. The lowest BCUT2D eigenvalue weighted by atomic mass is 9.81. The number of carbonyl (C=O) groups excluding carboxylic acids is 3. The van der Waals surface area contributed by atoms with E-state index in [1.807, 2.05) is 0 Å². The highest BCUT2D eigenvalue weighted by Gasteiger charge is 2.34. The zero-order chi connectivity index (χ0) is 22.9. The first kappa shape index (κ1) is 27.7. The summed E-state index contributed by atoms with van der Waals surface area (Å²) in [4.78, 5) is 37.3. The third-order valence-electron chi connectivity index (χ3n) is 4.12. The summed E-state index contributed by atoms with van der Waals surface area (Å²) in [6.45, 7) is 18.8. The van der Waals surface area contributed by atoms with Gasteiger partial charge in [-0.05, 0) is 20.8 Å². The number of rotatable bonds is 12. The molecule has 0 saturated carbocycles. The molecule has 0 aromatic carbocycles. The first-order chi connectivity index (χ1) is 13.0.